The van der Waals surface area contributed by atoms with Crippen molar-refractivity contribution in [2.45, 2.75) is 26.3 Å². The van der Waals surface area contributed by atoms with Gasteiger partial charge in [0.15, 0.2) is 6.61 Å². The molecule has 0 aromatic heterocycles. The summed E-state index contributed by atoms with van der Waals surface area (Å²) >= 11 is 0. The lowest BCUT2D eigenvalue weighted by atomic mass is 10.0. The Bertz CT molecular complexity index is 790. The lowest BCUT2D eigenvalue weighted by Crippen LogP contribution is -2.44. The third-order valence-corrected chi connectivity index (χ3v) is 3.90. The molecular weight excluding hydrogens is 376 g/mol. The second-order valence-electron chi connectivity index (χ2n) is 6.27. The van der Waals surface area contributed by atoms with E-state index in [-0.39, 0.29) is 17.2 Å². The molecule has 0 unspecified atom stereocenters. The molecule has 1 amide bonds. The van der Waals surface area contributed by atoms with Gasteiger partial charge in [0.25, 0.3) is 5.91 Å². The summed E-state index contributed by atoms with van der Waals surface area (Å²) < 4.78 is 34.5. The van der Waals surface area contributed by atoms with Crippen LogP contribution in [0.15, 0.2) is 24.3 Å². The average Bonchev–Trinajstić information content (AvgIpc) is 2.57. The molecule has 0 saturated carbocycles. The van der Waals surface area contributed by atoms with Crippen LogP contribution >= 0.6 is 0 Å². The normalized spacial score (nSPS) is 12.2. The molecule has 0 spiro atoms. The quantitative estimate of drug-likeness (QED) is 0.590. The number of carbonyl (C=O) groups excluding carboxylic acids is 3. The Morgan fingerprint density at radius 3 is 2.33 bits per heavy atom. The van der Waals surface area contributed by atoms with E-state index in [4.69, 9.17) is 4.74 Å². The van der Waals surface area contributed by atoms with E-state index in [1.807, 2.05) is 13.8 Å². The first-order valence-electron chi connectivity index (χ1n) is 8.14. The van der Waals surface area contributed by atoms with Gasteiger partial charge >= 0.3 is 11.9 Å². The van der Waals surface area contributed by atoms with E-state index < -0.39 is 40.5 Å². The maximum absolute atomic E-state index is 12.2. The zero-order valence-corrected chi connectivity index (χ0v) is 16.5. The van der Waals surface area contributed by atoms with Crippen molar-refractivity contribution in [3.8, 4) is 0 Å². The first kappa shape index (κ1) is 22.4. The zero-order valence-electron chi connectivity index (χ0n) is 15.6. The Kier molecular flexibility index (Phi) is 8.23. The third kappa shape index (κ3) is 8.07. The maximum Gasteiger partial charge on any atom is 0.340 e. The van der Waals surface area contributed by atoms with Crippen molar-refractivity contribution in [1.29, 1.82) is 0 Å². The molecule has 0 aliphatic carbocycles. The van der Waals surface area contributed by atoms with Gasteiger partial charge in [-0.3, -0.25) is 9.52 Å². The molecule has 10 heteroatoms. The number of amides is 1. The lowest BCUT2D eigenvalue weighted by Gasteiger charge is -2.18. The molecule has 1 atom stereocenters. The van der Waals surface area contributed by atoms with E-state index in [9.17, 15) is 22.8 Å². The third-order valence-electron chi connectivity index (χ3n) is 3.30. The smallest absolute Gasteiger partial charge is 0.340 e. The number of sulfonamides is 1. The minimum absolute atomic E-state index is 0.0394. The molecular formula is C17H24N2O7S. The predicted octanol–water partition coefficient (Wildman–Crippen LogP) is 0.919. The highest BCUT2D eigenvalue weighted by Crippen LogP contribution is 2.17. The van der Waals surface area contributed by atoms with Gasteiger partial charge in [0.1, 0.15) is 6.04 Å². The number of hydrogen-bond acceptors (Lipinski definition) is 7. The zero-order chi connectivity index (χ0) is 20.6. The van der Waals surface area contributed by atoms with Crippen molar-refractivity contribution >= 4 is 33.6 Å². The van der Waals surface area contributed by atoms with Crippen LogP contribution < -0.4 is 10.0 Å². The van der Waals surface area contributed by atoms with E-state index in [0.29, 0.717) is 6.42 Å². The molecule has 27 heavy (non-hydrogen) atoms. The minimum atomic E-state index is -3.59. The van der Waals surface area contributed by atoms with Crippen LogP contribution in [0, 0.1) is 5.92 Å². The summed E-state index contributed by atoms with van der Waals surface area (Å²) in [6.45, 7) is 3.14. The molecule has 0 radical (unpaired) electrons. The molecule has 0 aliphatic rings. The van der Waals surface area contributed by atoms with Crippen LogP contribution in [-0.4, -0.2) is 52.3 Å². The second-order valence-corrected chi connectivity index (χ2v) is 8.02. The van der Waals surface area contributed by atoms with E-state index >= 15 is 0 Å². The summed E-state index contributed by atoms with van der Waals surface area (Å²) in [6, 6.07) is 4.99. The molecule has 0 aliphatic heterocycles. The number of esters is 2. The topological polar surface area (TPSA) is 128 Å². The van der Waals surface area contributed by atoms with Gasteiger partial charge < -0.3 is 14.8 Å². The van der Waals surface area contributed by atoms with Crippen LogP contribution in [0.3, 0.4) is 0 Å². The number of carbonyl (C=O) groups is 3. The maximum atomic E-state index is 12.2. The van der Waals surface area contributed by atoms with Gasteiger partial charge in [0.05, 0.1) is 24.6 Å². The molecule has 1 rings (SSSR count). The number of benzene rings is 1. The van der Waals surface area contributed by atoms with Gasteiger partial charge in [-0.15, -0.1) is 0 Å². The highest BCUT2D eigenvalue weighted by molar-refractivity contribution is 7.92. The number of ether oxygens (including phenoxy) is 2. The van der Waals surface area contributed by atoms with E-state index in [0.717, 1.165) is 6.26 Å². The number of hydrogen-bond donors (Lipinski definition) is 2. The Hall–Kier alpha value is -2.62. The Labute approximate surface area is 158 Å². The van der Waals surface area contributed by atoms with Gasteiger partial charge in [0.2, 0.25) is 10.0 Å². The molecule has 1 aromatic carbocycles. The van der Waals surface area contributed by atoms with E-state index in [1.165, 1.54) is 25.3 Å². The fraction of sp³-hybridized carbons (Fsp3) is 0.471. The molecule has 0 fully saturated rings. The Balaban J connectivity index is 2.74. The van der Waals surface area contributed by atoms with E-state index in [2.05, 4.69) is 14.8 Å². The van der Waals surface area contributed by atoms with Gasteiger partial charge in [0, 0.05) is 0 Å². The largest absolute Gasteiger partial charge is 0.467 e. The molecule has 0 saturated heterocycles. The monoisotopic (exact) mass is 400 g/mol. The summed E-state index contributed by atoms with van der Waals surface area (Å²) in [5.74, 6) is -2.01. The van der Waals surface area contributed by atoms with Crippen LogP contribution in [0.5, 0.6) is 0 Å². The first-order chi connectivity index (χ1) is 12.5. The van der Waals surface area contributed by atoms with Crippen LogP contribution in [-0.2, 0) is 29.1 Å². The summed E-state index contributed by atoms with van der Waals surface area (Å²) in [7, 11) is -2.38. The standard InChI is InChI=1S/C17H24N2O7S/c1-11(2)9-14(17(22)25-3)18-15(20)10-26-16(21)12-7-5-6-8-13(12)19-27(4,23)24/h5-8,11,14,19H,9-10H2,1-4H3,(H,18,20)/t14-/m0/s1. The summed E-state index contributed by atoms with van der Waals surface area (Å²) in [5, 5.41) is 2.46. The number of nitrogens with one attached hydrogen (secondary N) is 2. The number of para-hydroxylation sites is 1. The Morgan fingerprint density at radius 2 is 1.78 bits per heavy atom. The highest BCUT2D eigenvalue weighted by Gasteiger charge is 2.23. The first-order valence-corrected chi connectivity index (χ1v) is 10.0. The highest BCUT2D eigenvalue weighted by atomic mass is 32.2. The van der Waals surface area contributed by atoms with Crippen molar-refractivity contribution in [3.05, 3.63) is 29.8 Å². The summed E-state index contributed by atoms with van der Waals surface area (Å²) in [4.78, 5) is 35.9. The lowest BCUT2D eigenvalue weighted by molar-refractivity contribution is -0.145. The summed E-state index contributed by atoms with van der Waals surface area (Å²) in [5.41, 5.74) is 0.0000709. The van der Waals surface area contributed by atoms with Gasteiger partial charge in [-0.05, 0) is 24.5 Å². The fourth-order valence-corrected chi connectivity index (χ4v) is 2.80. The molecule has 150 valence electrons. The number of anilines is 1. The minimum Gasteiger partial charge on any atom is -0.467 e. The molecule has 0 heterocycles. The van der Waals surface area contributed by atoms with Gasteiger partial charge in [-0.2, -0.15) is 0 Å². The van der Waals surface area contributed by atoms with Crippen molar-refractivity contribution in [3.63, 3.8) is 0 Å². The molecule has 1 aromatic rings. The molecule has 2 N–H and O–H groups in total. The van der Waals surface area contributed by atoms with Crippen molar-refractivity contribution in [2.75, 3.05) is 24.7 Å². The number of rotatable bonds is 9. The Morgan fingerprint density at radius 1 is 1.15 bits per heavy atom. The fourth-order valence-electron chi connectivity index (χ4n) is 2.22. The average molecular weight is 400 g/mol. The van der Waals surface area contributed by atoms with Crippen LogP contribution in [0.25, 0.3) is 0 Å². The second kappa shape index (κ2) is 9.91. The van der Waals surface area contributed by atoms with Crippen molar-refractivity contribution < 1.29 is 32.3 Å². The van der Waals surface area contributed by atoms with Gasteiger partial charge in [-0.1, -0.05) is 26.0 Å². The number of methoxy groups -OCH3 is 1. The summed E-state index contributed by atoms with van der Waals surface area (Å²) in [6.07, 6.45) is 1.32. The molecule has 9 nitrogen and oxygen atoms in total. The van der Waals surface area contributed by atoms with Crippen LogP contribution in [0.4, 0.5) is 5.69 Å². The SMILES string of the molecule is COC(=O)[C@H](CC(C)C)NC(=O)COC(=O)c1ccccc1NS(C)(=O)=O. The van der Waals surface area contributed by atoms with Crippen molar-refractivity contribution in [1.82, 2.24) is 5.32 Å². The van der Waals surface area contributed by atoms with Gasteiger partial charge in [-0.25, -0.2) is 18.0 Å². The van der Waals surface area contributed by atoms with Crippen LogP contribution in [0.1, 0.15) is 30.6 Å². The predicted molar refractivity (Wildman–Crippen MR) is 98.6 cm³/mol. The van der Waals surface area contributed by atoms with Crippen molar-refractivity contribution in [2.24, 2.45) is 5.92 Å². The van der Waals surface area contributed by atoms with E-state index in [1.54, 1.807) is 6.07 Å². The molecule has 0 bridgehead atoms. The van der Waals surface area contributed by atoms with Crippen LogP contribution in [0.2, 0.25) is 0 Å².